The second kappa shape index (κ2) is 5.05. The molecule has 6 nitrogen and oxygen atoms in total. The van der Waals surface area contributed by atoms with Gasteiger partial charge in [-0.2, -0.15) is 4.39 Å². The van der Waals surface area contributed by atoms with E-state index in [4.69, 9.17) is 5.73 Å². The molecular weight excluding hydrogens is 305 g/mol. The van der Waals surface area contributed by atoms with Crippen LogP contribution < -0.4 is 5.73 Å². The summed E-state index contributed by atoms with van der Waals surface area (Å²) in [6.45, 7) is 0. The standard InChI is InChI=1S/C10H7BrFN5O/c11-5-1-3-6(4-2-5)16-17-10-14-7(9(13)18)8(12)15-10/h1-4H,(H2,13,18)(H,14,15). The number of halogens is 2. The summed E-state index contributed by atoms with van der Waals surface area (Å²) in [4.78, 5) is 16.5. The molecule has 2 rings (SSSR count). The Morgan fingerprint density at radius 3 is 2.56 bits per heavy atom. The zero-order valence-electron chi connectivity index (χ0n) is 8.89. The molecule has 8 heteroatoms. The Balaban J connectivity index is 2.21. The summed E-state index contributed by atoms with van der Waals surface area (Å²) >= 11 is 3.28. The van der Waals surface area contributed by atoms with E-state index in [1.807, 2.05) is 0 Å². The number of primary amides is 1. The second-order valence-electron chi connectivity index (χ2n) is 3.26. The maximum atomic E-state index is 13.1. The van der Waals surface area contributed by atoms with E-state index in [0.29, 0.717) is 5.69 Å². The highest BCUT2D eigenvalue weighted by molar-refractivity contribution is 9.10. The molecule has 0 aliphatic rings. The third-order valence-electron chi connectivity index (χ3n) is 1.97. The molecule has 0 saturated heterocycles. The maximum absolute atomic E-state index is 13.1. The number of imidazole rings is 1. The van der Waals surface area contributed by atoms with Gasteiger partial charge in [-0.3, -0.25) is 9.78 Å². The number of nitrogens with zero attached hydrogens (tertiary/aromatic N) is 3. The predicted octanol–water partition coefficient (Wildman–Crippen LogP) is 2.83. The molecular formula is C10H7BrFN5O. The van der Waals surface area contributed by atoms with Gasteiger partial charge in [0.15, 0.2) is 5.69 Å². The largest absolute Gasteiger partial charge is 0.364 e. The monoisotopic (exact) mass is 311 g/mol. The Morgan fingerprint density at radius 1 is 1.33 bits per heavy atom. The van der Waals surface area contributed by atoms with Crippen molar-refractivity contribution in [2.24, 2.45) is 16.0 Å². The Morgan fingerprint density at radius 2 is 2.00 bits per heavy atom. The number of carbonyl (C=O) groups is 1. The zero-order chi connectivity index (χ0) is 13.1. The molecule has 2 aromatic rings. The molecule has 0 atom stereocenters. The van der Waals surface area contributed by atoms with E-state index in [1.54, 1.807) is 24.3 Å². The van der Waals surface area contributed by atoms with Gasteiger partial charge in [0.2, 0.25) is 11.9 Å². The van der Waals surface area contributed by atoms with Crippen LogP contribution in [0, 0.1) is 5.95 Å². The van der Waals surface area contributed by atoms with Crippen molar-refractivity contribution in [3.63, 3.8) is 0 Å². The van der Waals surface area contributed by atoms with Gasteiger partial charge in [-0.05, 0) is 24.3 Å². The van der Waals surface area contributed by atoms with Crippen LogP contribution in [0.2, 0.25) is 0 Å². The van der Waals surface area contributed by atoms with Crippen LogP contribution in [0.15, 0.2) is 39.0 Å². The fraction of sp³-hybridized carbons (Fsp3) is 0. The molecule has 1 heterocycles. The SMILES string of the molecule is NC(=O)c1nc(N=Nc2ccc(Br)cc2)[nH]c1F. The fourth-order valence-electron chi connectivity index (χ4n) is 1.16. The minimum atomic E-state index is -0.964. The van der Waals surface area contributed by atoms with Crippen molar-refractivity contribution in [3.05, 3.63) is 40.4 Å². The summed E-state index contributed by atoms with van der Waals surface area (Å²) < 4.78 is 14.0. The van der Waals surface area contributed by atoms with Gasteiger partial charge in [0.1, 0.15) is 0 Å². The van der Waals surface area contributed by atoms with E-state index in [2.05, 4.69) is 36.1 Å². The van der Waals surface area contributed by atoms with Crippen molar-refractivity contribution in [1.82, 2.24) is 9.97 Å². The molecule has 0 saturated carbocycles. The van der Waals surface area contributed by atoms with Crippen LogP contribution >= 0.6 is 15.9 Å². The number of H-pyrrole nitrogens is 1. The molecule has 1 aromatic carbocycles. The number of aromatic amines is 1. The average Bonchev–Trinajstić information content (AvgIpc) is 2.70. The third-order valence-corrected chi connectivity index (χ3v) is 2.50. The van der Waals surface area contributed by atoms with E-state index in [0.717, 1.165) is 4.47 Å². The molecule has 1 amide bonds. The van der Waals surface area contributed by atoms with Gasteiger partial charge < -0.3 is 5.73 Å². The Kier molecular flexibility index (Phi) is 3.47. The first kappa shape index (κ1) is 12.4. The fourth-order valence-corrected chi connectivity index (χ4v) is 1.43. The Labute approximate surface area is 109 Å². The minimum Gasteiger partial charge on any atom is -0.364 e. The molecule has 18 heavy (non-hydrogen) atoms. The molecule has 92 valence electrons. The number of amides is 1. The summed E-state index contributed by atoms with van der Waals surface area (Å²) in [5.41, 5.74) is 4.99. The highest BCUT2D eigenvalue weighted by atomic mass is 79.9. The molecule has 0 radical (unpaired) electrons. The van der Waals surface area contributed by atoms with Crippen LogP contribution in [-0.4, -0.2) is 15.9 Å². The molecule has 0 aliphatic heterocycles. The van der Waals surface area contributed by atoms with Crippen molar-refractivity contribution >= 4 is 33.5 Å². The topological polar surface area (TPSA) is 96.5 Å². The summed E-state index contributed by atoms with van der Waals surface area (Å²) in [6.07, 6.45) is 0. The van der Waals surface area contributed by atoms with Crippen LogP contribution in [0.3, 0.4) is 0 Å². The second-order valence-corrected chi connectivity index (χ2v) is 4.18. The number of rotatable bonds is 3. The van der Waals surface area contributed by atoms with Crippen LogP contribution in [0.25, 0.3) is 0 Å². The van der Waals surface area contributed by atoms with Gasteiger partial charge in [-0.15, -0.1) is 10.2 Å². The van der Waals surface area contributed by atoms with E-state index in [1.165, 1.54) is 0 Å². The van der Waals surface area contributed by atoms with Gasteiger partial charge in [0.25, 0.3) is 5.91 Å². The quantitative estimate of drug-likeness (QED) is 0.852. The number of hydrogen-bond acceptors (Lipinski definition) is 4. The van der Waals surface area contributed by atoms with E-state index in [9.17, 15) is 9.18 Å². The van der Waals surface area contributed by atoms with Gasteiger partial charge in [0.05, 0.1) is 5.69 Å². The number of aromatic nitrogens is 2. The molecule has 0 bridgehead atoms. The number of benzene rings is 1. The predicted molar refractivity (Wildman–Crippen MR) is 65.4 cm³/mol. The average molecular weight is 312 g/mol. The smallest absolute Gasteiger partial charge is 0.272 e. The van der Waals surface area contributed by atoms with Crippen LogP contribution in [0.1, 0.15) is 10.5 Å². The van der Waals surface area contributed by atoms with Crippen LogP contribution in [0.5, 0.6) is 0 Å². The number of hydrogen-bond donors (Lipinski definition) is 2. The van der Waals surface area contributed by atoms with Crippen LogP contribution in [-0.2, 0) is 0 Å². The number of azo groups is 1. The molecule has 0 fully saturated rings. The van der Waals surface area contributed by atoms with Crippen molar-refractivity contribution in [2.75, 3.05) is 0 Å². The Bertz CT molecular complexity index is 607. The maximum Gasteiger partial charge on any atom is 0.272 e. The van der Waals surface area contributed by atoms with Gasteiger partial charge in [-0.1, -0.05) is 15.9 Å². The van der Waals surface area contributed by atoms with Gasteiger partial charge in [0, 0.05) is 4.47 Å². The lowest BCUT2D eigenvalue weighted by Crippen LogP contribution is -2.13. The van der Waals surface area contributed by atoms with Crippen molar-refractivity contribution in [1.29, 1.82) is 0 Å². The number of nitrogens with two attached hydrogens (primary N) is 1. The lowest BCUT2D eigenvalue weighted by atomic mass is 10.3. The summed E-state index contributed by atoms with van der Waals surface area (Å²) in [6, 6.07) is 6.99. The van der Waals surface area contributed by atoms with E-state index in [-0.39, 0.29) is 5.95 Å². The first-order valence-electron chi connectivity index (χ1n) is 4.79. The highest BCUT2D eigenvalue weighted by Crippen LogP contribution is 2.19. The zero-order valence-corrected chi connectivity index (χ0v) is 10.5. The van der Waals surface area contributed by atoms with Gasteiger partial charge >= 0.3 is 0 Å². The molecule has 0 aliphatic carbocycles. The first-order valence-corrected chi connectivity index (χ1v) is 5.58. The molecule has 3 N–H and O–H groups in total. The number of carbonyl (C=O) groups excluding carboxylic acids is 1. The molecule has 1 aromatic heterocycles. The normalized spacial score (nSPS) is 11.0. The lowest BCUT2D eigenvalue weighted by Gasteiger charge is -1.91. The molecule has 0 spiro atoms. The summed E-state index contributed by atoms with van der Waals surface area (Å²) in [7, 11) is 0. The first-order chi connectivity index (χ1) is 8.56. The molecule has 0 unspecified atom stereocenters. The third kappa shape index (κ3) is 2.77. The Hall–Kier alpha value is -2.09. The minimum absolute atomic E-state index is 0.121. The van der Waals surface area contributed by atoms with Crippen molar-refractivity contribution in [3.8, 4) is 0 Å². The summed E-state index contributed by atoms with van der Waals surface area (Å²) in [5.74, 6) is -2.01. The summed E-state index contributed by atoms with van der Waals surface area (Å²) in [5, 5.41) is 7.49. The number of nitrogens with one attached hydrogen (secondary N) is 1. The highest BCUT2D eigenvalue weighted by Gasteiger charge is 2.14. The van der Waals surface area contributed by atoms with Crippen molar-refractivity contribution < 1.29 is 9.18 Å². The van der Waals surface area contributed by atoms with Crippen molar-refractivity contribution in [2.45, 2.75) is 0 Å². The van der Waals surface area contributed by atoms with E-state index >= 15 is 0 Å². The lowest BCUT2D eigenvalue weighted by molar-refractivity contribution is 0.0992. The van der Waals surface area contributed by atoms with E-state index < -0.39 is 17.5 Å². The van der Waals surface area contributed by atoms with Crippen LogP contribution in [0.4, 0.5) is 16.0 Å². The van der Waals surface area contributed by atoms with Gasteiger partial charge in [-0.25, -0.2) is 4.98 Å².